The molecule has 0 saturated carbocycles. The number of carbonyl (C=O) groups excluding carboxylic acids is 2. The summed E-state index contributed by atoms with van der Waals surface area (Å²) in [4.78, 5) is 22.2. The second-order valence-corrected chi connectivity index (χ2v) is 2.87. The fourth-order valence-electron chi connectivity index (χ4n) is 0.981. The van der Waals surface area contributed by atoms with Crippen molar-refractivity contribution in [2.45, 2.75) is 0 Å². The van der Waals surface area contributed by atoms with Crippen LogP contribution in [0.1, 0.15) is 10.4 Å². The van der Waals surface area contributed by atoms with Crippen molar-refractivity contribution in [3.63, 3.8) is 0 Å². The van der Waals surface area contributed by atoms with Crippen LogP contribution in [0.4, 0.5) is 4.39 Å². The molecule has 2 N–H and O–H groups in total. The van der Waals surface area contributed by atoms with Crippen molar-refractivity contribution in [2.75, 3.05) is 13.6 Å². The van der Waals surface area contributed by atoms with Gasteiger partial charge >= 0.3 is 0 Å². The monoisotopic (exact) mass is 210 g/mol. The predicted octanol–water partition coefficient (Wildman–Crippen LogP) is 0.301. The summed E-state index contributed by atoms with van der Waals surface area (Å²) in [5.41, 5.74) is 0.193. The standard InChI is InChI=1S/C10H11FN2O2/c1-12-9(14)6-13-10(15)7-3-2-4-8(11)5-7/h2-5H,6H2,1H3,(H,12,14)(H,13,15). The van der Waals surface area contributed by atoms with E-state index >= 15 is 0 Å². The van der Waals surface area contributed by atoms with Crippen molar-refractivity contribution >= 4 is 11.8 Å². The molecule has 1 aromatic rings. The molecule has 0 heterocycles. The van der Waals surface area contributed by atoms with Gasteiger partial charge in [0.25, 0.3) is 5.91 Å². The lowest BCUT2D eigenvalue weighted by atomic mass is 10.2. The molecule has 0 aromatic heterocycles. The highest BCUT2D eigenvalue weighted by atomic mass is 19.1. The number of amides is 2. The van der Waals surface area contributed by atoms with Crippen molar-refractivity contribution in [3.05, 3.63) is 35.6 Å². The topological polar surface area (TPSA) is 58.2 Å². The molecule has 2 amide bonds. The highest BCUT2D eigenvalue weighted by Crippen LogP contribution is 2.02. The molecule has 5 heteroatoms. The smallest absolute Gasteiger partial charge is 0.251 e. The lowest BCUT2D eigenvalue weighted by Gasteiger charge is -2.03. The van der Waals surface area contributed by atoms with Crippen LogP contribution in [0.25, 0.3) is 0 Å². The molecule has 1 aromatic carbocycles. The van der Waals surface area contributed by atoms with E-state index in [9.17, 15) is 14.0 Å². The molecule has 0 aliphatic rings. The Kier molecular flexibility index (Phi) is 3.79. The van der Waals surface area contributed by atoms with E-state index in [2.05, 4.69) is 10.6 Å². The summed E-state index contributed by atoms with van der Waals surface area (Å²) in [6.07, 6.45) is 0. The van der Waals surface area contributed by atoms with Gasteiger partial charge in [0.1, 0.15) is 5.82 Å². The summed E-state index contributed by atoms with van der Waals surface area (Å²) in [6.45, 7) is -0.119. The van der Waals surface area contributed by atoms with Gasteiger partial charge in [0.05, 0.1) is 6.54 Å². The van der Waals surface area contributed by atoms with Crippen molar-refractivity contribution in [2.24, 2.45) is 0 Å². The van der Waals surface area contributed by atoms with Crippen LogP contribution in [0.5, 0.6) is 0 Å². The molecule has 0 unspecified atom stereocenters. The molecule has 0 spiro atoms. The van der Waals surface area contributed by atoms with E-state index in [0.717, 1.165) is 6.07 Å². The maximum absolute atomic E-state index is 12.7. The maximum Gasteiger partial charge on any atom is 0.251 e. The van der Waals surface area contributed by atoms with Gasteiger partial charge in [-0.3, -0.25) is 9.59 Å². The van der Waals surface area contributed by atoms with Crippen LogP contribution in [0, 0.1) is 5.82 Å². The van der Waals surface area contributed by atoms with E-state index in [-0.39, 0.29) is 18.0 Å². The minimum atomic E-state index is -0.484. The SMILES string of the molecule is CNC(=O)CNC(=O)c1cccc(F)c1. The van der Waals surface area contributed by atoms with Crippen molar-refractivity contribution in [3.8, 4) is 0 Å². The van der Waals surface area contributed by atoms with Crippen molar-refractivity contribution in [1.29, 1.82) is 0 Å². The van der Waals surface area contributed by atoms with E-state index in [1.54, 1.807) is 0 Å². The Labute approximate surface area is 86.5 Å². The number of carbonyl (C=O) groups is 2. The number of nitrogens with one attached hydrogen (secondary N) is 2. The second kappa shape index (κ2) is 5.09. The van der Waals surface area contributed by atoms with Crippen molar-refractivity contribution in [1.82, 2.24) is 10.6 Å². The third-order valence-corrected chi connectivity index (χ3v) is 1.78. The summed E-state index contributed by atoms with van der Waals surface area (Å²) in [7, 11) is 1.47. The number of hydrogen-bond donors (Lipinski definition) is 2. The van der Waals surface area contributed by atoms with Crippen LogP contribution in [-0.4, -0.2) is 25.4 Å². The Bertz CT molecular complexity index is 379. The van der Waals surface area contributed by atoms with Crippen LogP contribution in [-0.2, 0) is 4.79 Å². The lowest BCUT2D eigenvalue weighted by molar-refractivity contribution is -0.119. The Morgan fingerprint density at radius 2 is 2.13 bits per heavy atom. The fourth-order valence-corrected chi connectivity index (χ4v) is 0.981. The maximum atomic E-state index is 12.7. The zero-order valence-corrected chi connectivity index (χ0v) is 8.21. The first-order chi connectivity index (χ1) is 7.13. The number of rotatable bonds is 3. The third kappa shape index (κ3) is 3.38. The summed E-state index contributed by atoms with van der Waals surface area (Å²) in [5.74, 6) is -1.26. The first kappa shape index (κ1) is 11.2. The number of halogens is 1. The summed E-state index contributed by atoms with van der Waals surface area (Å²) in [6, 6.07) is 5.26. The number of hydrogen-bond acceptors (Lipinski definition) is 2. The largest absolute Gasteiger partial charge is 0.358 e. The molecule has 0 aliphatic heterocycles. The van der Waals surface area contributed by atoms with Gasteiger partial charge < -0.3 is 10.6 Å². The zero-order valence-electron chi connectivity index (χ0n) is 8.21. The quantitative estimate of drug-likeness (QED) is 0.754. The Morgan fingerprint density at radius 1 is 1.40 bits per heavy atom. The van der Waals surface area contributed by atoms with Gasteiger partial charge in [-0.25, -0.2) is 4.39 Å². The average Bonchev–Trinajstić information content (AvgIpc) is 2.25. The summed E-state index contributed by atoms with van der Waals surface area (Å²) >= 11 is 0. The van der Waals surface area contributed by atoms with Gasteiger partial charge in [0.2, 0.25) is 5.91 Å². The van der Waals surface area contributed by atoms with E-state index in [4.69, 9.17) is 0 Å². The lowest BCUT2D eigenvalue weighted by Crippen LogP contribution is -2.35. The van der Waals surface area contributed by atoms with Crippen LogP contribution in [0.3, 0.4) is 0 Å². The van der Waals surface area contributed by atoms with E-state index in [1.807, 2.05) is 0 Å². The molecule has 1 rings (SSSR count). The Balaban J connectivity index is 2.58. The highest BCUT2D eigenvalue weighted by molar-refractivity contribution is 5.96. The van der Waals surface area contributed by atoms with Gasteiger partial charge in [-0.1, -0.05) is 6.07 Å². The molecular formula is C10H11FN2O2. The van der Waals surface area contributed by atoms with Crippen LogP contribution in [0.15, 0.2) is 24.3 Å². The first-order valence-corrected chi connectivity index (χ1v) is 4.38. The minimum Gasteiger partial charge on any atom is -0.358 e. The third-order valence-electron chi connectivity index (χ3n) is 1.78. The molecular weight excluding hydrogens is 199 g/mol. The van der Waals surface area contributed by atoms with Gasteiger partial charge in [-0.15, -0.1) is 0 Å². The fraction of sp³-hybridized carbons (Fsp3) is 0.200. The zero-order chi connectivity index (χ0) is 11.3. The van der Waals surface area contributed by atoms with Crippen LogP contribution < -0.4 is 10.6 Å². The molecule has 0 aliphatic carbocycles. The minimum absolute atomic E-state index is 0.119. The van der Waals surface area contributed by atoms with Gasteiger partial charge in [-0.05, 0) is 18.2 Å². The van der Waals surface area contributed by atoms with Crippen LogP contribution in [0.2, 0.25) is 0 Å². The summed E-state index contributed by atoms with van der Waals surface area (Å²) < 4.78 is 12.7. The molecule has 0 atom stereocenters. The number of benzene rings is 1. The molecule has 0 radical (unpaired) electrons. The first-order valence-electron chi connectivity index (χ1n) is 4.38. The molecule has 0 saturated heterocycles. The van der Waals surface area contributed by atoms with Crippen molar-refractivity contribution < 1.29 is 14.0 Å². The predicted molar refractivity (Wildman–Crippen MR) is 52.8 cm³/mol. The van der Waals surface area contributed by atoms with Gasteiger partial charge in [0.15, 0.2) is 0 Å². The van der Waals surface area contributed by atoms with Gasteiger partial charge in [0, 0.05) is 12.6 Å². The molecule has 4 nitrogen and oxygen atoms in total. The Morgan fingerprint density at radius 3 is 2.73 bits per heavy atom. The molecule has 15 heavy (non-hydrogen) atoms. The number of likely N-dealkylation sites (N-methyl/N-ethyl adjacent to an activating group) is 1. The molecule has 0 fully saturated rings. The summed E-state index contributed by atoms with van der Waals surface area (Å²) in [5, 5.41) is 4.71. The Hall–Kier alpha value is -1.91. The van der Waals surface area contributed by atoms with E-state index in [0.29, 0.717) is 0 Å². The van der Waals surface area contributed by atoms with E-state index < -0.39 is 11.7 Å². The molecule has 0 bridgehead atoms. The second-order valence-electron chi connectivity index (χ2n) is 2.87. The van der Waals surface area contributed by atoms with E-state index in [1.165, 1.54) is 25.2 Å². The van der Waals surface area contributed by atoms with Crippen LogP contribution >= 0.6 is 0 Å². The molecule has 80 valence electrons. The normalized spacial score (nSPS) is 9.47. The average molecular weight is 210 g/mol. The highest BCUT2D eigenvalue weighted by Gasteiger charge is 2.07. The van der Waals surface area contributed by atoms with Gasteiger partial charge in [-0.2, -0.15) is 0 Å².